The van der Waals surface area contributed by atoms with E-state index in [0.29, 0.717) is 22.7 Å². The molecule has 3 aromatic rings. The molecule has 3 aromatic carbocycles. The highest BCUT2D eigenvalue weighted by molar-refractivity contribution is 6.39. The van der Waals surface area contributed by atoms with Gasteiger partial charge in [0.25, 0.3) is 11.8 Å². The summed E-state index contributed by atoms with van der Waals surface area (Å²) >= 11 is 5.84. The molecule has 1 heterocycles. The number of benzene rings is 3. The van der Waals surface area contributed by atoms with Crippen molar-refractivity contribution in [2.24, 2.45) is 0 Å². The van der Waals surface area contributed by atoms with E-state index in [2.05, 4.69) is 5.32 Å². The molecule has 0 atom stereocenters. The molecule has 0 spiro atoms. The Hall–Kier alpha value is -4.71. The molecule has 1 aliphatic heterocycles. The third-order valence-electron chi connectivity index (χ3n) is 5.09. The minimum atomic E-state index is -4.77. The van der Waals surface area contributed by atoms with Gasteiger partial charge in [-0.3, -0.25) is 25.0 Å². The Kier molecular flexibility index (Phi) is 6.68. The van der Waals surface area contributed by atoms with Crippen LogP contribution in [0.2, 0.25) is 5.02 Å². The Morgan fingerprint density at radius 2 is 1.62 bits per heavy atom. The molecule has 0 unspecified atom stereocenters. The fraction of sp³-hybridized carbons (Fsp3) is 0.0417. The molecule has 0 aliphatic carbocycles. The molecule has 1 N–H and O–H groups in total. The first-order chi connectivity index (χ1) is 17.4. The van der Waals surface area contributed by atoms with Crippen LogP contribution in [-0.2, 0) is 15.8 Å². The van der Waals surface area contributed by atoms with Crippen LogP contribution in [0.25, 0.3) is 6.08 Å². The first-order valence-electron chi connectivity index (χ1n) is 10.2. The molecule has 9 nitrogen and oxygen atoms in total. The molecule has 0 bridgehead atoms. The van der Waals surface area contributed by atoms with Crippen LogP contribution in [0, 0.1) is 10.1 Å². The highest BCUT2D eigenvalue weighted by Crippen LogP contribution is 2.38. The van der Waals surface area contributed by atoms with Gasteiger partial charge in [-0.1, -0.05) is 23.7 Å². The standard InChI is InChI=1S/C24H13ClF3N3O6/c25-15-4-6-16(7-5-15)30-22(33)18(21(32)29-23(30)34)11-13-1-8-17(9-2-13)37-20-10-3-14(24(26,27)28)12-19(20)31(35)36/h1-12H,(H,29,32,34)/b18-11+. The smallest absolute Gasteiger partial charge is 0.416 e. The van der Waals surface area contributed by atoms with Gasteiger partial charge in [0.2, 0.25) is 5.75 Å². The number of imide groups is 2. The van der Waals surface area contributed by atoms with E-state index in [4.69, 9.17) is 16.3 Å². The molecule has 0 aromatic heterocycles. The molecule has 0 radical (unpaired) electrons. The molecular formula is C24H13ClF3N3O6. The monoisotopic (exact) mass is 531 g/mol. The van der Waals surface area contributed by atoms with E-state index in [1.165, 1.54) is 54.6 Å². The first-order valence-corrected chi connectivity index (χ1v) is 10.6. The number of amides is 4. The zero-order valence-corrected chi connectivity index (χ0v) is 19.0. The number of nitro groups is 1. The molecule has 188 valence electrons. The van der Waals surface area contributed by atoms with Crippen LogP contribution in [0.15, 0.2) is 72.3 Å². The molecule has 1 saturated heterocycles. The largest absolute Gasteiger partial charge is 0.450 e. The van der Waals surface area contributed by atoms with E-state index in [0.717, 1.165) is 11.0 Å². The Bertz CT molecular complexity index is 1450. The van der Waals surface area contributed by atoms with Gasteiger partial charge in [0.1, 0.15) is 11.3 Å². The van der Waals surface area contributed by atoms with E-state index in [1.54, 1.807) is 0 Å². The van der Waals surface area contributed by atoms with Crippen LogP contribution in [0.1, 0.15) is 11.1 Å². The van der Waals surface area contributed by atoms with Crippen molar-refractivity contribution in [3.63, 3.8) is 0 Å². The summed E-state index contributed by atoms with van der Waals surface area (Å²) in [6, 6.07) is 12.2. The Labute approximate surface area is 210 Å². The Morgan fingerprint density at radius 3 is 2.22 bits per heavy atom. The van der Waals surface area contributed by atoms with Gasteiger partial charge in [-0.05, 0) is 60.2 Å². The van der Waals surface area contributed by atoms with Crippen molar-refractivity contribution >= 4 is 46.9 Å². The van der Waals surface area contributed by atoms with E-state index < -0.39 is 45.9 Å². The number of rotatable bonds is 5. The van der Waals surface area contributed by atoms with Crippen molar-refractivity contribution in [3.8, 4) is 11.5 Å². The molecule has 37 heavy (non-hydrogen) atoms. The van der Waals surface area contributed by atoms with E-state index in [1.807, 2.05) is 0 Å². The van der Waals surface area contributed by atoms with E-state index >= 15 is 0 Å². The molecule has 4 rings (SSSR count). The Morgan fingerprint density at radius 1 is 0.973 bits per heavy atom. The number of hydrogen-bond donors (Lipinski definition) is 1. The van der Waals surface area contributed by atoms with Crippen molar-refractivity contribution in [3.05, 3.63) is 98.6 Å². The number of nitrogens with one attached hydrogen (secondary N) is 1. The number of nitrogens with zero attached hydrogens (tertiary/aromatic N) is 2. The van der Waals surface area contributed by atoms with Crippen molar-refractivity contribution in [2.45, 2.75) is 6.18 Å². The van der Waals surface area contributed by atoms with Crippen molar-refractivity contribution in [2.75, 3.05) is 4.90 Å². The van der Waals surface area contributed by atoms with Crippen LogP contribution in [0.4, 0.5) is 29.3 Å². The van der Waals surface area contributed by atoms with Crippen LogP contribution in [0.5, 0.6) is 11.5 Å². The maximum atomic E-state index is 12.9. The van der Waals surface area contributed by atoms with Gasteiger partial charge in [0, 0.05) is 11.1 Å². The second-order valence-electron chi connectivity index (χ2n) is 7.54. The molecule has 1 fully saturated rings. The van der Waals surface area contributed by atoms with Gasteiger partial charge in [0.15, 0.2) is 0 Å². The lowest BCUT2D eigenvalue weighted by Gasteiger charge is -2.26. The summed E-state index contributed by atoms with van der Waals surface area (Å²) in [6.07, 6.45) is -3.55. The van der Waals surface area contributed by atoms with Gasteiger partial charge < -0.3 is 4.74 Å². The van der Waals surface area contributed by atoms with Gasteiger partial charge in [-0.2, -0.15) is 13.2 Å². The van der Waals surface area contributed by atoms with E-state index in [-0.39, 0.29) is 17.0 Å². The van der Waals surface area contributed by atoms with E-state index in [9.17, 15) is 37.7 Å². The predicted octanol–water partition coefficient (Wildman–Crippen LogP) is 5.73. The summed E-state index contributed by atoms with van der Waals surface area (Å²) in [5.41, 5.74) is -1.90. The number of anilines is 1. The fourth-order valence-corrected chi connectivity index (χ4v) is 3.46. The minimum absolute atomic E-state index is 0.0439. The van der Waals surface area contributed by atoms with Crippen molar-refractivity contribution in [1.29, 1.82) is 0 Å². The number of urea groups is 1. The normalized spacial score (nSPS) is 15.1. The van der Waals surface area contributed by atoms with Gasteiger partial charge in [0.05, 0.1) is 16.2 Å². The number of ether oxygens (including phenoxy) is 1. The summed E-state index contributed by atoms with van der Waals surface area (Å²) in [7, 11) is 0. The SMILES string of the molecule is O=C1NC(=O)N(c2ccc(Cl)cc2)C(=O)/C1=C/c1ccc(Oc2ccc(C(F)(F)F)cc2[N+](=O)[O-])cc1. The third-order valence-corrected chi connectivity index (χ3v) is 5.34. The van der Waals surface area contributed by atoms with Crippen LogP contribution >= 0.6 is 11.6 Å². The lowest BCUT2D eigenvalue weighted by atomic mass is 10.1. The predicted molar refractivity (Wildman–Crippen MR) is 125 cm³/mol. The zero-order chi connectivity index (χ0) is 26.9. The number of barbiturate groups is 1. The highest BCUT2D eigenvalue weighted by Gasteiger charge is 2.37. The molecule has 4 amide bonds. The quantitative estimate of drug-likeness (QED) is 0.194. The Balaban J connectivity index is 1.58. The lowest BCUT2D eigenvalue weighted by Crippen LogP contribution is -2.54. The van der Waals surface area contributed by atoms with Gasteiger partial charge >= 0.3 is 17.9 Å². The van der Waals surface area contributed by atoms with Crippen LogP contribution in [-0.4, -0.2) is 22.8 Å². The molecule has 13 heteroatoms. The maximum absolute atomic E-state index is 12.9. The number of carbonyl (C=O) groups excluding carboxylic acids is 3. The van der Waals surface area contributed by atoms with Crippen molar-refractivity contribution in [1.82, 2.24) is 5.32 Å². The van der Waals surface area contributed by atoms with Crippen LogP contribution in [0.3, 0.4) is 0 Å². The fourth-order valence-electron chi connectivity index (χ4n) is 3.33. The second kappa shape index (κ2) is 9.74. The molecular weight excluding hydrogens is 519 g/mol. The highest BCUT2D eigenvalue weighted by atomic mass is 35.5. The van der Waals surface area contributed by atoms with Gasteiger partial charge in [-0.25, -0.2) is 9.69 Å². The minimum Gasteiger partial charge on any atom is -0.450 e. The van der Waals surface area contributed by atoms with Gasteiger partial charge in [-0.15, -0.1) is 0 Å². The van der Waals surface area contributed by atoms with Crippen molar-refractivity contribution < 1.29 is 37.2 Å². The number of nitro benzene ring substituents is 1. The third kappa shape index (κ3) is 5.43. The topological polar surface area (TPSA) is 119 Å². The van der Waals surface area contributed by atoms with Crippen LogP contribution < -0.4 is 15.0 Å². The number of hydrogen-bond acceptors (Lipinski definition) is 6. The zero-order valence-electron chi connectivity index (χ0n) is 18.3. The lowest BCUT2D eigenvalue weighted by molar-refractivity contribution is -0.385. The maximum Gasteiger partial charge on any atom is 0.416 e. The summed E-state index contributed by atoms with van der Waals surface area (Å²) in [4.78, 5) is 48.5. The first kappa shape index (κ1) is 25.4. The average molecular weight is 532 g/mol. The summed E-state index contributed by atoms with van der Waals surface area (Å²) in [6.45, 7) is 0. The number of alkyl halides is 3. The molecule has 1 aliphatic rings. The summed E-state index contributed by atoms with van der Waals surface area (Å²) < 4.78 is 44.1. The summed E-state index contributed by atoms with van der Waals surface area (Å²) in [5, 5.41) is 13.7. The summed E-state index contributed by atoms with van der Waals surface area (Å²) in [5.74, 6) is -2.16. The number of carbonyl (C=O) groups is 3. The second-order valence-corrected chi connectivity index (χ2v) is 7.98. The molecule has 0 saturated carbocycles. The average Bonchev–Trinajstić information content (AvgIpc) is 2.83. The number of halogens is 4.